The summed E-state index contributed by atoms with van der Waals surface area (Å²) < 4.78 is 11.3. The minimum atomic E-state index is -0.231. The van der Waals surface area contributed by atoms with Gasteiger partial charge in [0.2, 0.25) is 0 Å². The van der Waals surface area contributed by atoms with E-state index >= 15 is 0 Å². The summed E-state index contributed by atoms with van der Waals surface area (Å²) in [5.74, 6) is 1.37. The van der Waals surface area contributed by atoms with Crippen molar-refractivity contribution in [3.8, 4) is 5.75 Å². The van der Waals surface area contributed by atoms with Crippen molar-refractivity contribution in [1.82, 2.24) is 0 Å². The van der Waals surface area contributed by atoms with Gasteiger partial charge in [0.1, 0.15) is 11.9 Å². The summed E-state index contributed by atoms with van der Waals surface area (Å²) in [6.07, 6.45) is 2.40. The highest BCUT2D eigenvalue weighted by atomic mass is 79.9. The lowest BCUT2D eigenvalue weighted by molar-refractivity contribution is -0.129. The van der Waals surface area contributed by atoms with Crippen molar-refractivity contribution in [2.75, 3.05) is 14.2 Å². The van der Waals surface area contributed by atoms with Crippen molar-refractivity contribution in [2.45, 2.75) is 25.4 Å². The van der Waals surface area contributed by atoms with Gasteiger partial charge < -0.3 is 9.47 Å². The fraction of sp³-hybridized carbons (Fsp3) is 0.500. The molecule has 0 aliphatic heterocycles. The van der Waals surface area contributed by atoms with E-state index in [2.05, 4.69) is 15.9 Å². The van der Waals surface area contributed by atoms with E-state index in [0.29, 0.717) is 12.3 Å². The highest BCUT2D eigenvalue weighted by Crippen LogP contribution is 2.35. The monoisotopic (exact) mass is 312 g/mol. The standard InChI is InChI=1S/C14H17BrO3/c1-17-13-6-3-9(7-11(13)15)8-12(16)14(18-2)10-4-5-10/h3,6-7,10,14H,4-5,8H2,1-2H3. The van der Waals surface area contributed by atoms with Crippen LogP contribution in [-0.2, 0) is 16.0 Å². The van der Waals surface area contributed by atoms with Gasteiger partial charge >= 0.3 is 0 Å². The largest absolute Gasteiger partial charge is 0.496 e. The van der Waals surface area contributed by atoms with Gasteiger partial charge in [0.15, 0.2) is 5.78 Å². The molecule has 1 unspecified atom stereocenters. The number of hydrogen-bond acceptors (Lipinski definition) is 3. The first-order chi connectivity index (χ1) is 8.65. The molecule has 0 saturated heterocycles. The van der Waals surface area contributed by atoms with Gasteiger partial charge in [-0.1, -0.05) is 6.07 Å². The van der Waals surface area contributed by atoms with Crippen LogP contribution < -0.4 is 4.74 Å². The van der Waals surface area contributed by atoms with Crippen LogP contribution in [0.15, 0.2) is 22.7 Å². The Morgan fingerprint density at radius 2 is 2.17 bits per heavy atom. The lowest BCUT2D eigenvalue weighted by Gasteiger charge is -2.13. The quantitative estimate of drug-likeness (QED) is 0.810. The Labute approximate surface area is 116 Å². The van der Waals surface area contributed by atoms with E-state index in [1.165, 1.54) is 0 Å². The Hall–Kier alpha value is -0.870. The molecule has 0 radical (unpaired) electrons. The Morgan fingerprint density at radius 1 is 1.44 bits per heavy atom. The van der Waals surface area contributed by atoms with E-state index in [0.717, 1.165) is 28.6 Å². The molecule has 1 aromatic rings. The van der Waals surface area contributed by atoms with Crippen molar-refractivity contribution in [2.24, 2.45) is 5.92 Å². The van der Waals surface area contributed by atoms with Crippen molar-refractivity contribution < 1.29 is 14.3 Å². The van der Waals surface area contributed by atoms with E-state index in [1.807, 2.05) is 18.2 Å². The maximum Gasteiger partial charge on any atom is 0.166 e. The number of hydrogen-bond donors (Lipinski definition) is 0. The molecule has 98 valence electrons. The molecule has 1 aromatic carbocycles. The Bertz CT molecular complexity index is 441. The molecular weight excluding hydrogens is 296 g/mol. The number of halogens is 1. The summed E-state index contributed by atoms with van der Waals surface area (Å²) in [4.78, 5) is 12.1. The molecule has 0 spiro atoms. The average Bonchev–Trinajstić information content (AvgIpc) is 3.15. The first-order valence-electron chi connectivity index (χ1n) is 6.03. The Kier molecular flexibility index (Phi) is 4.40. The van der Waals surface area contributed by atoms with E-state index < -0.39 is 0 Å². The van der Waals surface area contributed by atoms with Crippen LogP contribution >= 0.6 is 15.9 Å². The molecule has 0 bridgehead atoms. The molecule has 18 heavy (non-hydrogen) atoms. The summed E-state index contributed by atoms with van der Waals surface area (Å²) in [6, 6.07) is 5.71. The van der Waals surface area contributed by atoms with Gasteiger partial charge in [0.25, 0.3) is 0 Å². The molecule has 0 aromatic heterocycles. The van der Waals surface area contributed by atoms with Crippen LogP contribution in [-0.4, -0.2) is 26.1 Å². The van der Waals surface area contributed by atoms with Crippen molar-refractivity contribution in [3.63, 3.8) is 0 Å². The molecular formula is C14H17BrO3. The third-order valence-electron chi connectivity index (χ3n) is 3.22. The van der Waals surface area contributed by atoms with Crippen molar-refractivity contribution in [3.05, 3.63) is 28.2 Å². The second-order valence-corrected chi connectivity index (χ2v) is 5.46. The summed E-state index contributed by atoms with van der Waals surface area (Å²) in [6.45, 7) is 0. The van der Waals surface area contributed by atoms with Crippen molar-refractivity contribution >= 4 is 21.7 Å². The van der Waals surface area contributed by atoms with E-state index in [9.17, 15) is 4.79 Å². The van der Waals surface area contributed by atoms with Gasteiger partial charge in [0.05, 0.1) is 11.6 Å². The molecule has 0 amide bonds. The van der Waals surface area contributed by atoms with E-state index in [4.69, 9.17) is 9.47 Å². The number of ketones is 1. The maximum absolute atomic E-state index is 12.1. The second-order valence-electron chi connectivity index (χ2n) is 4.61. The Morgan fingerprint density at radius 3 is 2.67 bits per heavy atom. The van der Waals surface area contributed by atoms with Gasteiger partial charge in [0, 0.05) is 13.5 Å². The van der Waals surface area contributed by atoms with Crippen molar-refractivity contribution in [1.29, 1.82) is 0 Å². The summed E-state index contributed by atoms with van der Waals surface area (Å²) in [5, 5.41) is 0. The summed E-state index contributed by atoms with van der Waals surface area (Å²) in [7, 11) is 3.24. The first kappa shape index (κ1) is 13.6. The van der Waals surface area contributed by atoms with Crippen LogP contribution in [0.4, 0.5) is 0 Å². The fourth-order valence-electron chi connectivity index (χ4n) is 2.11. The smallest absolute Gasteiger partial charge is 0.166 e. The molecule has 1 aliphatic carbocycles. The van der Waals surface area contributed by atoms with Gasteiger partial charge in [-0.3, -0.25) is 4.79 Å². The maximum atomic E-state index is 12.1. The van der Waals surface area contributed by atoms with Gasteiger partial charge in [-0.2, -0.15) is 0 Å². The van der Waals surface area contributed by atoms with Crippen LogP contribution in [0.1, 0.15) is 18.4 Å². The highest BCUT2D eigenvalue weighted by Gasteiger charge is 2.35. The SMILES string of the molecule is COc1ccc(CC(=O)C(OC)C2CC2)cc1Br. The molecule has 0 N–H and O–H groups in total. The van der Waals surface area contributed by atoms with E-state index in [-0.39, 0.29) is 11.9 Å². The minimum absolute atomic E-state index is 0.164. The molecule has 2 rings (SSSR count). The van der Waals surface area contributed by atoms with Crippen LogP contribution in [0, 0.1) is 5.92 Å². The molecule has 3 nitrogen and oxygen atoms in total. The third-order valence-corrected chi connectivity index (χ3v) is 3.84. The highest BCUT2D eigenvalue weighted by molar-refractivity contribution is 9.10. The first-order valence-corrected chi connectivity index (χ1v) is 6.83. The predicted octanol–water partition coefficient (Wildman–Crippen LogP) is 2.99. The zero-order chi connectivity index (χ0) is 13.1. The molecule has 0 heterocycles. The number of carbonyl (C=O) groups is 1. The number of methoxy groups -OCH3 is 2. The van der Waals surface area contributed by atoms with Crippen LogP contribution in [0.25, 0.3) is 0 Å². The topological polar surface area (TPSA) is 35.5 Å². The molecule has 1 saturated carbocycles. The summed E-state index contributed by atoms with van der Waals surface area (Å²) >= 11 is 3.43. The molecule has 4 heteroatoms. The Balaban J connectivity index is 2.04. The average molecular weight is 313 g/mol. The molecule has 1 aliphatic rings. The number of Topliss-reactive ketones (excluding diaryl/α,β-unsaturated/α-hetero) is 1. The number of rotatable bonds is 6. The van der Waals surface area contributed by atoms with Crippen LogP contribution in [0.2, 0.25) is 0 Å². The zero-order valence-electron chi connectivity index (χ0n) is 10.6. The van der Waals surface area contributed by atoms with Crippen LogP contribution in [0.3, 0.4) is 0 Å². The predicted molar refractivity (Wildman–Crippen MR) is 72.9 cm³/mol. The van der Waals surface area contributed by atoms with E-state index in [1.54, 1.807) is 14.2 Å². The molecule has 1 fully saturated rings. The lowest BCUT2D eigenvalue weighted by atomic mass is 10.0. The number of carbonyl (C=O) groups excluding carboxylic acids is 1. The lowest BCUT2D eigenvalue weighted by Crippen LogP contribution is -2.26. The minimum Gasteiger partial charge on any atom is -0.496 e. The van der Waals surface area contributed by atoms with Gasteiger partial charge in [-0.25, -0.2) is 0 Å². The second kappa shape index (κ2) is 5.85. The zero-order valence-corrected chi connectivity index (χ0v) is 12.2. The normalized spacial score (nSPS) is 16.4. The van der Waals surface area contributed by atoms with Crippen LogP contribution in [0.5, 0.6) is 5.75 Å². The third kappa shape index (κ3) is 3.12. The fourth-order valence-corrected chi connectivity index (χ4v) is 2.70. The number of benzene rings is 1. The number of ether oxygens (including phenoxy) is 2. The summed E-state index contributed by atoms with van der Waals surface area (Å²) in [5.41, 5.74) is 0.982. The van der Waals surface area contributed by atoms with Gasteiger partial charge in [-0.15, -0.1) is 0 Å². The van der Waals surface area contributed by atoms with Gasteiger partial charge in [-0.05, 0) is 52.4 Å². The molecule has 1 atom stereocenters.